The first-order valence-corrected chi connectivity index (χ1v) is 7.80. The van der Waals surface area contributed by atoms with Crippen LogP contribution in [0, 0.1) is 0 Å². The molecule has 4 aromatic rings. The minimum absolute atomic E-state index is 0.0236. The third kappa shape index (κ3) is 2.31. The van der Waals surface area contributed by atoms with Gasteiger partial charge >= 0.3 is 0 Å². The van der Waals surface area contributed by atoms with E-state index in [0.717, 1.165) is 0 Å². The smallest absolute Gasteiger partial charge is 0.299 e. The van der Waals surface area contributed by atoms with Crippen molar-refractivity contribution in [2.75, 3.05) is 0 Å². The summed E-state index contributed by atoms with van der Waals surface area (Å²) in [7, 11) is 0. The molecule has 132 valence electrons. The van der Waals surface area contributed by atoms with E-state index >= 15 is 0 Å². The average molecular weight is 354 g/mol. The third-order valence-electron chi connectivity index (χ3n) is 3.83. The molecule has 4 rings (SSSR count). The Hall–Kier alpha value is -3.69. The first-order valence-electron chi connectivity index (χ1n) is 7.80. The molecule has 4 heterocycles. The molecule has 26 heavy (non-hydrogen) atoms. The van der Waals surface area contributed by atoms with Gasteiger partial charge in [0.1, 0.15) is 0 Å². The van der Waals surface area contributed by atoms with Crippen molar-refractivity contribution >= 4 is 12.1 Å². The Bertz CT molecular complexity index is 1120. The molecule has 4 aromatic heterocycles. The maximum Gasteiger partial charge on any atom is 0.299 e. The number of hydrogen-bond acceptors (Lipinski definition) is 7. The molecule has 0 aromatic carbocycles. The monoisotopic (exact) mass is 354 g/mol. The van der Waals surface area contributed by atoms with Crippen molar-refractivity contribution in [2.45, 2.75) is 19.9 Å². The van der Waals surface area contributed by atoms with Crippen molar-refractivity contribution in [1.29, 1.82) is 0 Å². The molecule has 0 fully saturated rings. The molecule has 10 heteroatoms. The molecule has 0 aliphatic carbocycles. The number of furan rings is 1. The minimum atomic E-state index is -0.386. The fourth-order valence-corrected chi connectivity index (χ4v) is 2.77. The summed E-state index contributed by atoms with van der Waals surface area (Å²) in [5.41, 5.74) is 0.442. The summed E-state index contributed by atoms with van der Waals surface area (Å²) in [6.07, 6.45) is 4.48. The van der Waals surface area contributed by atoms with Gasteiger partial charge in [-0.2, -0.15) is 4.98 Å². The lowest BCUT2D eigenvalue weighted by atomic mass is 10.3. The van der Waals surface area contributed by atoms with Crippen molar-refractivity contribution in [3.05, 3.63) is 41.3 Å². The Morgan fingerprint density at radius 1 is 1.38 bits per heavy atom. The van der Waals surface area contributed by atoms with Crippen molar-refractivity contribution < 1.29 is 13.9 Å². The predicted octanol–water partition coefficient (Wildman–Crippen LogP) is 1.66. The highest BCUT2D eigenvalue weighted by molar-refractivity contribution is 5.68. The van der Waals surface area contributed by atoms with Crippen LogP contribution < -0.4 is 10.3 Å². The van der Waals surface area contributed by atoms with E-state index in [-0.39, 0.29) is 29.6 Å². The van der Waals surface area contributed by atoms with Crippen LogP contribution in [-0.4, -0.2) is 35.6 Å². The molecule has 0 saturated heterocycles. The molecular formula is C16H14N6O4. The average Bonchev–Trinajstić information content (AvgIpc) is 3.35. The lowest BCUT2D eigenvalue weighted by Crippen LogP contribution is -2.27. The largest absolute Gasteiger partial charge is 0.461 e. The van der Waals surface area contributed by atoms with Crippen molar-refractivity contribution in [2.24, 2.45) is 0 Å². The molecule has 1 N–H and O–H groups in total. The Labute approximate surface area is 146 Å². The van der Waals surface area contributed by atoms with Gasteiger partial charge in [-0.25, -0.2) is 9.50 Å². The number of nitrogens with zero attached hydrogens (tertiary/aromatic N) is 5. The standard InChI is InChI=1S/C16H14N6O4/c1-9(2)21-13(11-4-3-5-25-11)20-22-12(10-6-17-7-18-10)15(26-8-23)19-14(22)16(21)24/h3-9H,1-2H3,(H,17,18). The highest BCUT2D eigenvalue weighted by atomic mass is 16.5. The number of fused-ring (bicyclic) bond motifs is 1. The fraction of sp³-hybridized carbons (Fsp3) is 0.188. The van der Waals surface area contributed by atoms with Gasteiger partial charge in [-0.1, -0.05) is 0 Å². The third-order valence-corrected chi connectivity index (χ3v) is 3.83. The second-order valence-electron chi connectivity index (χ2n) is 5.75. The van der Waals surface area contributed by atoms with E-state index in [1.54, 1.807) is 12.1 Å². The van der Waals surface area contributed by atoms with E-state index in [4.69, 9.17) is 9.15 Å². The van der Waals surface area contributed by atoms with Gasteiger partial charge in [-0.15, -0.1) is 5.10 Å². The summed E-state index contributed by atoms with van der Waals surface area (Å²) in [5.74, 6) is 0.721. The SMILES string of the molecule is CC(C)n1c(-c2ccco2)nn2c(-c3cnc[nH]3)c(OC=O)nc2c1=O. The van der Waals surface area contributed by atoms with Gasteiger partial charge < -0.3 is 14.1 Å². The van der Waals surface area contributed by atoms with Crippen LogP contribution in [-0.2, 0) is 4.79 Å². The second-order valence-corrected chi connectivity index (χ2v) is 5.75. The van der Waals surface area contributed by atoms with Gasteiger partial charge in [0.05, 0.1) is 24.5 Å². The van der Waals surface area contributed by atoms with E-state index in [1.165, 1.54) is 27.9 Å². The van der Waals surface area contributed by atoms with Gasteiger partial charge in [0.25, 0.3) is 17.9 Å². The number of rotatable bonds is 5. The predicted molar refractivity (Wildman–Crippen MR) is 89.6 cm³/mol. The van der Waals surface area contributed by atoms with Crippen molar-refractivity contribution in [3.63, 3.8) is 0 Å². The minimum Gasteiger partial charge on any atom is -0.461 e. The molecule has 0 amide bonds. The molecule has 0 saturated carbocycles. The summed E-state index contributed by atoms with van der Waals surface area (Å²) in [6, 6.07) is 3.23. The molecule has 0 atom stereocenters. The normalized spacial score (nSPS) is 11.3. The zero-order chi connectivity index (χ0) is 18.3. The highest BCUT2D eigenvalue weighted by Crippen LogP contribution is 2.29. The molecule has 0 bridgehead atoms. The highest BCUT2D eigenvalue weighted by Gasteiger charge is 2.25. The number of H-pyrrole nitrogens is 1. The van der Waals surface area contributed by atoms with E-state index in [1.807, 2.05) is 13.8 Å². The lowest BCUT2D eigenvalue weighted by Gasteiger charge is -2.14. The van der Waals surface area contributed by atoms with Crippen molar-refractivity contribution in [1.82, 2.24) is 29.1 Å². The summed E-state index contributed by atoms with van der Waals surface area (Å²) >= 11 is 0. The number of hydrogen-bond donors (Lipinski definition) is 1. The second kappa shape index (κ2) is 5.99. The van der Waals surface area contributed by atoms with Crippen LogP contribution in [0.2, 0.25) is 0 Å². The molecule has 0 aliphatic heterocycles. The van der Waals surface area contributed by atoms with Crippen molar-refractivity contribution in [3.8, 4) is 28.9 Å². The summed E-state index contributed by atoms with van der Waals surface area (Å²) < 4.78 is 13.2. The quantitative estimate of drug-likeness (QED) is 0.541. The number of aromatic nitrogens is 6. The maximum absolute atomic E-state index is 13.1. The molecule has 0 spiro atoms. The zero-order valence-electron chi connectivity index (χ0n) is 13.9. The molecule has 0 aliphatic rings. The topological polar surface area (TPSA) is 120 Å². The van der Waals surface area contributed by atoms with Crippen LogP contribution in [0.5, 0.6) is 5.88 Å². The van der Waals surface area contributed by atoms with Gasteiger partial charge in [-0.05, 0) is 26.0 Å². The Morgan fingerprint density at radius 2 is 2.23 bits per heavy atom. The van der Waals surface area contributed by atoms with Gasteiger partial charge in [-0.3, -0.25) is 14.2 Å². The zero-order valence-corrected chi connectivity index (χ0v) is 13.9. The number of aromatic amines is 1. The van der Waals surface area contributed by atoms with Crippen LogP contribution in [0.25, 0.3) is 28.6 Å². The van der Waals surface area contributed by atoms with E-state index < -0.39 is 0 Å². The van der Waals surface area contributed by atoms with Crippen LogP contribution in [0.4, 0.5) is 0 Å². The first kappa shape index (κ1) is 15.8. The summed E-state index contributed by atoms with van der Waals surface area (Å²) in [5, 5.41) is 4.54. The first-order chi connectivity index (χ1) is 12.6. The number of ether oxygens (including phenoxy) is 1. The Morgan fingerprint density at radius 3 is 2.85 bits per heavy atom. The lowest BCUT2D eigenvalue weighted by molar-refractivity contribution is -0.120. The Kier molecular flexibility index (Phi) is 3.64. The maximum atomic E-state index is 13.1. The molecule has 0 radical (unpaired) electrons. The van der Waals surface area contributed by atoms with Crippen LogP contribution in [0.3, 0.4) is 0 Å². The molecular weight excluding hydrogens is 340 g/mol. The van der Waals surface area contributed by atoms with Gasteiger partial charge in [0.2, 0.25) is 5.65 Å². The number of imidazole rings is 2. The van der Waals surface area contributed by atoms with Crippen LogP contribution >= 0.6 is 0 Å². The molecule has 10 nitrogen and oxygen atoms in total. The molecule has 0 unspecified atom stereocenters. The van der Waals surface area contributed by atoms with Gasteiger partial charge in [0, 0.05) is 6.04 Å². The van der Waals surface area contributed by atoms with Crippen LogP contribution in [0.1, 0.15) is 19.9 Å². The fourth-order valence-electron chi connectivity index (χ4n) is 2.77. The Balaban J connectivity index is 2.13. The van der Waals surface area contributed by atoms with E-state index in [2.05, 4.69) is 20.1 Å². The number of nitrogens with one attached hydrogen (secondary N) is 1. The van der Waals surface area contributed by atoms with E-state index in [0.29, 0.717) is 23.0 Å². The van der Waals surface area contributed by atoms with E-state index in [9.17, 15) is 9.59 Å². The number of carbonyl (C=O) groups is 1. The number of carbonyl (C=O) groups excluding carboxylic acids is 1. The van der Waals surface area contributed by atoms with Crippen LogP contribution in [0.15, 0.2) is 40.1 Å². The summed E-state index contributed by atoms with van der Waals surface area (Å²) in [4.78, 5) is 34.9. The summed E-state index contributed by atoms with van der Waals surface area (Å²) in [6.45, 7) is 3.96. The van der Waals surface area contributed by atoms with Gasteiger partial charge in [0.15, 0.2) is 17.3 Å².